The SMILES string of the molecule is CCC(C)C(N)C(=O)NC(CCCCN)C(=O)NC(CCCN=C(N)N)C(=O)NC(CC(N)=O)C(=O)O. The molecule has 5 unspecified atom stereocenters. The van der Waals surface area contributed by atoms with Crippen LogP contribution in [-0.2, 0) is 24.0 Å². The minimum atomic E-state index is -1.59. The lowest BCUT2D eigenvalue weighted by Gasteiger charge is -2.26. The van der Waals surface area contributed by atoms with Gasteiger partial charge < -0.3 is 49.7 Å². The summed E-state index contributed by atoms with van der Waals surface area (Å²) < 4.78 is 0. The molecule has 5 atom stereocenters. The van der Waals surface area contributed by atoms with Gasteiger partial charge in [0.15, 0.2) is 5.96 Å². The van der Waals surface area contributed by atoms with Crippen LogP contribution in [0.4, 0.5) is 0 Å². The van der Waals surface area contributed by atoms with Crippen molar-refractivity contribution in [1.29, 1.82) is 0 Å². The molecule has 212 valence electrons. The normalized spacial score (nSPS) is 14.8. The van der Waals surface area contributed by atoms with Crippen LogP contribution < -0.4 is 44.6 Å². The minimum absolute atomic E-state index is 0.0348. The molecule has 0 aliphatic heterocycles. The van der Waals surface area contributed by atoms with E-state index in [2.05, 4.69) is 20.9 Å². The van der Waals surface area contributed by atoms with Crippen LogP contribution in [0, 0.1) is 5.92 Å². The number of aliphatic carboxylic acids is 1. The Hall–Kier alpha value is -3.46. The van der Waals surface area contributed by atoms with E-state index in [0.29, 0.717) is 25.8 Å². The average Bonchev–Trinajstić information content (AvgIpc) is 2.82. The van der Waals surface area contributed by atoms with E-state index in [4.69, 9.17) is 28.7 Å². The molecule has 0 bridgehead atoms. The number of amides is 4. The van der Waals surface area contributed by atoms with Crippen LogP contribution in [0.25, 0.3) is 0 Å². The van der Waals surface area contributed by atoms with Gasteiger partial charge in [0.05, 0.1) is 12.5 Å². The Morgan fingerprint density at radius 3 is 1.81 bits per heavy atom. The fourth-order valence-corrected chi connectivity index (χ4v) is 3.26. The molecule has 0 aromatic rings. The Morgan fingerprint density at radius 1 is 0.838 bits per heavy atom. The van der Waals surface area contributed by atoms with Crippen LogP contribution in [-0.4, -0.2) is 77.9 Å². The third-order valence-electron chi connectivity index (χ3n) is 5.74. The van der Waals surface area contributed by atoms with Gasteiger partial charge in [-0.05, 0) is 44.6 Å². The molecule has 37 heavy (non-hydrogen) atoms. The first-order valence-electron chi connectivity index (χ1n) is 12.3. The fraction of sp³-hybridized carbons (Fsp3) is 0.727. The second kappa shape index (κ2) is 17.9. The van der Waals surface area contributed by atoms with Gasteiger partial charge in [-0.3, -0.25) is 24.2 Å². The summed E-state index contributed by atoms with van der Waals surface area (Å²) in [5.74, 6) is -4.70. The number of nitrogens with zero attached hydrogens (tertiary/aromatic N) is 1. The predicted molar refractivity (Wildman–Crippen MR) is 137 cm³/mol. The minimum Gasteiger partial charge on any atom is -0.480 e. The lowest BCUT2D eigenvalue weighted by atomic mass is 9.98. The van der Waals surface area contributed by atoms with Crippen molar-refractivity contribution < 1.29 is 29.1 Å². The highest BCUT2D eigenvalue weighted by molar-refractivity contribution is 5.94. The number of carbonyl (C=O) groups is 5. The van der Waals surface area contributed by atoms with Gasteiger partial charge in [-0.25, -0.2) is 4.79 Å². The second-order valence-electron chi connectivity index (χ2n) is 8.84. The van der Waals surface area contributed by atoms with Crippen LogP contribution in [0.15, 0.2) is 4.99 Å². The quantitative estimate of drug-likeness (QED) is 0.0463. The van der Waals surface area contributed by atoms with Gasteiger partial charge in [0, 0.05) is 6.54 Å². The zero-order valence-corrected chi connectivity index (χ0v) is 21.6. The third-order valence-corrected chi connectivity index (χ3v) is 5.74. The zero-order chi connectivity index (χ0) is 28.5. The van der Waals surface area contributed by atoms with Gasteiger partial charge in [0.25, 0.3) is 0 Å². The summed E-state index contributed by atoms with van der Waals surface area (Å²) in [6.07, 6.45) is 1.68. The summed E-state index contributed by atoms with van der Waals surface area (Å²) in [6, 6.07) is -4.65. The molecule has 0 aromatic carbocycles. The van der Waals surface area contributed by atoms with Gasteiger partial charge in [-0.2, -0.15) is 0 Å². The molecule has 0 aromatic heterocycles. The Labute approximate surface area is 216 Å². The van der Waals surface area contributed by atoms with E-state index < -0.39 is 60.2 Å². The van der Waals surface area contributed by atoms with Crippen molar-refractivity contribution in [2.24, 2.45) is 39.6 Å². The number of carbonyl (C=O) groups excluding carboxylic acids is 4. The highest BCUT2D eigenvalue weighted by Crippen LogP contribution is 2.09. The van der Waals surface area contributed by atoms with Gasteiger partial charge in [-0.1, -0.05) is 20.3 Å². The summed E-state index contributed by atoms with van der Waals surface area (Å²) in [4.78, 5) is 65.2. The predicted octanol–water partition coefficient (Wildman–Crippen LogP) is -3.04. The number of guanidine groups is 1. The number of nitrogens with two attached hydrogens (primary N) is 5. The molecule has 0 fully saturated rings. The number of hydrogen-bond acceptors (Lipinski definition) is 8. The second-order valence-corrected chi connectivity index (χ2v) is 8.84. The number of carboxylic acid groups (broad SMARTS) is 1. The lowest BCUT2D eigenvalue weighted by molar-refractivity contribution is -0.143. The molecule has 15 heteroatoms. The van der Waals surface area contributed by atoms with Crippen molar-refractivity contribution in [2.45, 2.75) is 83.0 Å². The van der Waals surface area contributed by atoms with Crippen LogP contribution in [0.5, 0.6) is 0 Å². The van der Waals surface area contributed by atoms with E-state index in [-0.39, 0.29) is 37.7 Å². The van der Waals surface area contributed by atoms with Crippen LogP contribution >= 0.6 is 0 Å². The summed E-state index contributed by atoms with van der Waals surface area (Å²) in [7, 11) is 0. The number of hydrogen-bond donors (Lipinski definition) is 9. The first-order chi connectivity index (χ1) is 17.3. The monoisotopic (exact) mass is 529 g/mol. The smallest absolute Gasteiger partial charge is 0.326 e. The molecule has 0 radical (unpaired) electrons. The van der Waals surface area contributed by atoms with Crippen molar-refractivity contribution >= 4 is 35.6 Å². The summed E-state index contributed by atoms with van der Waals surface area (Å²) in [6.45, 7) is 4.24. The molecule has 4 amide bonds. The maximum atomic E-state index is 13.2. The standard InChI is InChI=1S/C22H43N9O6/c1-3-12(2)17(25)20(35)30-13(7-4-5-9-23)18(33)29-14(8-6-10-28-22(26)27)19(34)31-15(21(36)37)11-16(24)32/h12-15,17H,3-11,23,25H2,1-2H3,(H2,24,32)(H,29,33)(H,30,35)(H,31,34)(H,36,37)(H4,26,27,28). The highest BCUT2D eigenvalue weighted by atomic mass is 16.4. The molecule has 0 aliphatic rings. The zero-order valence-electron chi connectivity index (χ0n) is 21.6. The van der Waals surface area contributed by atoms with E-state index in [1.165, 1.54) is 0 Å². The van der Waals surface area contributed by atoms with Crippen molar-refractivity contribution in [1.82, 2.24) is 16.0 Å². The molecule has 15 nitrogen and oxygen atoms in total. The lowest BCUT2D eigenvalue weighted by Crippen LogP contribution is -2.57. The average molecular weight is 530 g/mol. The van der Waals surface area contributed by atoms with Gasteiger partial charge >= 0.3 is 5.97 Å². The third kappa shape index (κ3) is 14.0. The number of primary amides is 1. The number of unbranched alkanes of at least 4 members (excludes halogenated alkanes) is 1. The van der Waals surface area contributed by atoms with E-state index in [1.807, 2.05) is 13.8 Å². The van der Waals surface area contributed by atoms with Gasteiger partial charge in [-0.15, -0.1) is 0 Å². The molecule has 0 heterocycles. The number of rotatable bonds is 19. The molecular formula is C22H43N9O6. The van der Waals surface area contributed by atoms with E-state index >= 15 is 0 Å². The Morgan fingerprint density at radius 2 is 1.35 bits per heavy atom. The molecular weight excluding hydrogens is 486 g/mol. The summed E-state index contributed by atoms with van der Waals surface area (Å²) in [5, 5.41) is 16.7. The van der Waals surface area contributed by atoms with E-state index in [1.54, 1.807) is 0 Å². The molecule has 14 N–H and O–H groups in total. The Kier molecular flexibility index (Phi) is 16.2. The van der Waals surface area contributed by atoms with E-state index in [0.717, 1.165) is 0 Å². The number of aliphatic imine (C=N–C) groups is 1. The first kappa shape index (κ1) is 33.5. The van der Waals surface area contributed by atoms with Crippen LogP contribution in [0.1, 0.15) is 58.8 Å². The fourth-order valence-electron chi connectivity index (χ4n) is 3.26. The van der Waals surface area contributed by atoms with Crippen LogP contribution in [0.3, 0.4) is 0 Å². The van der Waals surface area contributed by atoms with Crippen molar-refractivity contribution in [2.75, 3.05) is 13.1 Å². The number of carboxylic acids is 1. The topological polar surface area (TPSA) is 284 Å². The molecule has 0 aliphatic carbocycles. The van der Waals surface area contributed by atoms with Crippen molar-refractivity contribution in [3.05, 3.63) is 0 Å². The van der Waals surface area contributed by atoms with E-state index in [9.17, 15) is 29.1 Å². The highest BCUT2D eigenvalue weighted by Gasteiger charge is 2.31. The summed E-state index contributed by atoms with van der Waals surface area (Å²) in [5.41, 5.74) is 27.2. The molecule has 0 spiro atoms. The van der Waals surface area contributed by atoms with Crippen molar-refractivity contribution in [3.8, 4) is 0 Å². The Bertz CT molecular complexity index is 804. The largest absolute Gasteiger partial charge is 0.480 e. The maximum Gasteiger partial charge on any atom is 0.326 e. The maximum absolute atomic E-state index is 13.2. The van der Waals surface area contributed by atoms with Gasteiger partial charge in [0.2, 0.25) is 23.6 Å². The number of nitrogens with one attached hydrogen (secondary N) is 3. The van der Waals surface area contributed by atoms with Gasteiger partial charge in [0.1, 0.15) is 18.1 Å². The first-order valence-corrected chi connectivity index (χ1v) is 12.3. The molecule has 0 saturated carbocycles. The van der Waals surface area contributed by atoms with Crippen molar-refractivity contribution in [3.63, 3.8) is 0 Å². The Balaban J connectivity index is 5.70. The molecule has 0 saturated heterocycles. The summed E-state index contributed by atoms with van der Waals surface area (Å²) >= 11 is 0. The molecule has 0 rings (SSSR count). The van der Waals surface area contributed by atoms with Crippen LogP contribution in [0.2, 0.25) is 0 Å².